The standard InChI is InChI=1S/C16H24N2O3/c17-10-6-2-1-3-9-15(19)18-12-14-8-5-4-7-13(14)11-16(20)21/h4-5,7-8H,1-3,6,9-12,17H2,(H,18,19)(H,20,21). The van der Waals surface area contributed by atoms with E-state index in [1.54, 1.807) is 12.1 Å². The van der Waals surface area contributed by atoms with E-state index in [1.165, 1.54) is 0 Å². The van der Waals surface area contributed by atoms with Crippen molar-refractivity contribution in [3.8, 4) is 0 Å². The predicted molar refractivity (Wildman–Crippen MR) is 81.8 cm³/mol. The first-order chi connectivity index (χ1) is 10.1. The topological polar surface area (TPSA) is 92.4 Å². The Kier molecular flexibility index (Phi) is 8.12. The van der Waals surface area contributed by atoms with Gasteiger partial charge in [0, 0.05) is 13.0 Å². The first-order valence-electron chi connectivity index (χ1n) is 7.39. The second kappa shape index (κ2) is 9.94. The highest BCUT2D eigenvalue weighted by Gasteiger charge is 2.07. The van der Waals surface area contributed by atoms with Gasteiger partial charge in [-0.3, -0.25) is 9.59 Å². The zero-order chi connectivity index (χ0) is 15.5. The van der Waals surface area contributed by atoms with Gasteiger partial charge in [-0.15, -0.1) is 0 Å². The number of carbonyl (C=O) groups excluding carboxylic acids is 1. The summed E-state index contributed by atoms with van der Waals surface area (Å²) in [7, 11) is 0. The highest BCUT2D eigenvalue weighted by molar-refractivity contribution is 5.76. The van der Waals surface area contributed by atoms with Crippen LogP contribution in [0.5, 0.6) is 0 Å². The molecule has 5 heteroatoms. The zero-order valence-corrected chi connectivity index (χ0v) is 12.3. The third-order valence-electron chi connectivity index (χ3n) is 3.29. The second-order valence-corrected chi connectivity index (χ2v) is 5.07. The number of amides is 1. The summed E-state index contributed by atoms with van der Waals surface area (Å²) < 4.78 is 0. The van der Waals surface area contributed by atoms with Crippen molar-refractivity contribution in [3.63, 3.8) is 0 Å². The number of rotatable bonds is 10. The van der Waals surface area contributed by atoms with Gasteiger partial charge in [0.2, 0.25) is 5.91 Å². The van der Waals surface area contributed by atoms with Gasteiger partial charge >= 0.3 is 5.97 Å². The van der Waals surface area contributed by atoms with Crippen molar-refractivity contribution >= 4 is 11.9 Å². The molecular formula is C16H24N2O3. The lowest BCUT2D eigenvalue weighted by atomic mass is 10.0. The molecule has 0 atom stereocenters. The maximum atomic E-state index is 11.7. The molecule has 0 unspecified atom stereocenters. The molecule has 116 valence electrons. The molecule has 0 aromatic heterocycles. The van der Waals surface area contributed by atoms with Crippen molar-refractivity contribution in [3.05, 3.63) is 35.4 Å². The molecule has 5 nitrogen and oxygen atoms in total. The third kappa shape index (κ3) is 7.46. The fourth-order valence-corrected chi connectivity index (χ4v) is 2.13. The van der Waals surface area contributed by atoms with Gasteiger partial charge in [0.15, 0.2) is 0 Å². The molecule has 0 saturated carbocycles. The van der Waals surface area contributed by atoms with E-state index >= 15 is 0 Å². The molecule has 21 heavy (non-hydrogen) atoms. The Morgan fingerprint density at radius 2 is 1.71 bits per heavy atom. The molecule has 0 radical (unpaired) electrons. The fraction of sp³-hybridized carbons (Fsp3) is 0.500. The molecule has 0 bridgehead atoms. The lowest BCUT2D eigenvalue weighted by molar-refractivity contribution is -0.136. The number of aliphatic carboxylic acids is 1. The summed E-state index contributed by atoms with van der Waals surface area (Å²) in [6.07, 6.45) is 4.43. The van der Waals surface area contributed by atoms with Gasteiger partial charge in [0.05, 0.1) is 6.42 Å². The molecule has 0 saturated heterocycles. The third-order valence-corrected chi connectivity index (χ3v) is 3.29. The smallest absolute Gasteiger partial charge is 0.307 e. The van der Waals surface area contributed by atoms with Crippen molar-refractivity contribution in [2.24, 2.45) is 5.73 Å². The number of nitrogens with two attached hydrogens (primary N) is 1. The van der Waals surface area contributed by atoms with Gasteiger partial charge in [-0.05, 0) is 30.5 Å². The van der Waals surface area contributed by atoms with Crippen molar-refractivity contribution in [2.45, 2.75) is 45.1 Å². The SMILES string of the molecule is NCCCCCCC(=O)NCc1ccccc1CC(=O)O. The number of hydrogen-bond acceptors (Lipinski definition) is 3. The summed E-state index contributed by atoms with van der Waals surface area (Å²) in [6, 6.07) is 7.28. The van der Waals surface area contributed by atoms with Crippen LogP contribution in [0.3, 0.4) is 0 Å². The minimum Gasteiger partial charge on any atom is -0.481 e. The molecule has 0 aliphatic carbocycles. The van der Waals surface area contributed by atoms with Gasteiger partial charge in [0.1, 0.15) is 0 Å². The Labute approximate surface area is 125 Å². The summed E-state index contributed by atoms with van der Waals surface area (Å²) in [6.45, 7) is 1.08. The van der Waals surface area contributed by atoms with Gasteiger partial charge in [-0.2, -0.15) is 0 Å². The summed E-state index contributed by atoms with van der Waals surface area (Å²) in [5.74, 6) is -0.860. The monoisotopic (exact) mass is 292 g/mol. The van der Waals surface area contributed by atoms with Gasteiger partial charge in [-0.25, -0.2) is 0 Å². The highest BCUT2D eigenvalue weighted by atomic mass is 16.4. The van der Waals surface area contributed by atoms with Crippen molar-refractivity contribution in [1.82, 2.24) is 5.32 Å². The molecule has 1 rings (SSSR count). The number of hydrogen-bond donors (Lipinski definition) is 3. The second-order valence-electron chi connectivity index (χ2n) is 5.07. The van der Waals surface area contributed by atoms with Crippen molar-refractivity contribution < 1.29 is 14.7 Å². The van der Waals surface area contributed by atoms with Gasteiger partial charge in [-0.1, -0.05) is 37.1 Å². The Hall–Kier alpha value is -1.88. The van der Waals surface area contributed by atoms with Crippen molar-refractivity contribution in [1.29, 1.82) is 0 Å². The fourth-order valence-electron chi connectivity index (χ4n) is 2.13. The van der Waals surface area contributed by atoms with Crippen LogP contribution in [0.1, 0.15) is 43.2 Å². The summed E-state index contributed by atoms with van der Waals surface area (Å²) in [4.78, 5) is 22.5. The molecular weight excluding hydrogens is 268 g/mol. The average Bonchev–Trinajstić information content (AvgIpc) is 2.45. The van der Waals surface area contributed by atoms with Crippen LogP contribution in [0.25, 0.3) is 0 Å². The Balaban J connectivity index is 2.34. The Morgan fingerprint density at radius 1 is 1.05 bits per heavy atom. The number of carboxylic acids is 1. The quantitative estimate of drug-likeness (QED) is 0.574. The van der Waals surface area contributed by atoms with Crippen LogP contribution >= 0.6 is 0 Å². The summed E-state index contributed by atoms with van der Waals surface area (Å²) >= 11 is 0. The molecule has 1 aromatic rings. The number of benzene rings is 1. The molecule has 4 N–H and O–H groups in total. The molecule has 0 spiro atoms. The number of nitrogens with one attached hydrogen (secondary N) is 1. The number of carbonyl (C=O) groups is 2. The van der Waals surface area contributed by atoms with E-state index in [0.29, 0.717) is 19.5 Å². The zero-order valence-electron chi connectivity index (χ0n) is 12.3. The van der Waals surface area contributed by atoms with E-state index in [0.717, 1.165) is 36.8 Å². The Morgan fingerprint density at radius 3 is 2.38 bits per heavy atom. The highest BCUT2D eigenvalue weighted by Crippen LogP contribution is 2.10. The first-order valence-corrected chi connectivity index (χ1v) is 7.39. The molecule has 0 aliphatic heterocycles. The van der Waals surface area contributed by atoms with Crippen molar-refractivity contribution in [2.75, 3.05) is 6.54 Å². The molecule has 1 aromatic carbocycles. The van der Waals surface area contributed by atoms with E-state index in [2.05, 4.69) is 5.32 Å². The van der Waals surface area contributed by atoms with Crippen LogP contribution in [0.15, 0.2) is 24.3 Å². The minimum atomic E-state index is -0.867. The average molecular weight is 292 g/mol. The molecule has 1 amide bonds. The van der Waals surface area contributed by atoms with Gasteiger partial charge in [0.25, 0.3) is 0 Å². The first kappa shape index (κ1) is 17.2. The lowest BCUT2D eigenvalue weighted by Crippen LogP contribution is -2.23. The number of unbranched alkanes of at least 4 members (excludes halogenated alkanes) is 3. The van der Waals surface area contributed by atoms with Crippen LogP contribution < -0.4 is 11.1 Å². The van der Waals surface area contributed by atoms with Crippen LogP contribution in [-0.4, -0.2) is 23.5 Å². The predicted octanol–water partition coefficient (Wildman–Crippen LogP) is 1.84. The Bertz CT molecular complexity index is 461. The van der Waals surface area contributed by atoms with E-state index in [-0.39, 0.29) is 12.3 Å². The normalized spacial score (nSPS) is 10.3. The minimum absolute atomic E-state index is 0.00729. The largest absolute Gasteiger partial charge is 0.481 e. The van der Waals surface area contributed by atoms with E-state index in [9.17, 15) is 9.59 Å². The molecule has 0 aliphatic rings. The maximum Gasteiger partial charge on any atom is 0.307 e. The summed E-state index contributed by atoms with van der Waals surface area (Å²) in [5, 5.41) is 11.7. The van der Waals surface area contributed by atoms with Crippen LogP contribution in [0.2, 0.25) is 0 Å². The number of carboxylic acid groups (broad SMARTS) is 1. The van der Waals surface area contributed by atoms with E-state index in [1.807, 2.05) is 12.1 Å². The van der Waals surface area contributed by atoms with Gasteiger partial charge < -0.3 is 16.2 Å². The molecule has 0 heterocycles. The van der Waals surface area contributed by atoms with E-state index < -0.39 is 5.97 Å². The lowest BCUT2D eigenvalue weighted by Gasteiger charge is -2.09. The molecule has 0 fully saturated rings. The maximum absolute atomic E-state index is 11.7. The summed E-state index contributed by atoms with van der Waals surface area (Å²) in [5.41, 5.74) is 7.01. The van der Waals surface area contributed by atoms with Crippen LogP contribution in [0.4, 0.5) is 0 Å². The van der Waals surface area contributed by atoms with E-state index in [4.69, 9.17) is 10.8 Å². The van der Waals surface area contributed by atoms with Crippen LogP contribution in [-0.2, 0) is 22.6 Å². The van der Waals surface area contributed by atoms with Crippen LogP contribution in [0, 0.1) is 0 Å².